The third-order valence-electron chi connectivity index (χ3n) is 4.62. The van der Waals surface area contributed by atoms with E-state index >= 15 is 0 Å². The fraction of sp³-hybridized carbons (Fsp3) is 0.250. The quantitative estimate of drug-likeness (QED) is 0.526. The molecular formula is C24H26N2O5. The van der Waals surface area contributed by atoms with Crippen molar-refractivity contribution in [2.24, 2.45) is 0 Å². The first-order valence-corrected chi connectivity index (χ1v) is 9.83. The lowest BCUT2D eigenvalue weighted by Gasteiger charge is -2.13. The predicted molar refractivity (Wildman–Crippen MR) is 118 cm³/mol. The number of nitrogens with zero attached hydrogens (tertiary/aromatic N) is 1. The maximum atomic E-state index is 12.5. The van der Waals surface area contributed by atoms with Gasteiger partial charge in [0.2, 0.25) is 5.91 Å². The highest BCUT2D eigenvalue weighted by Gasteiger charge is 2.10. The SMILES string of the molecule is COc1cc(CCC(=O)Nc2ccc(OC)c(OCc3cccnc3)c2)cc(OC)c1. The largest absolute Gasteiger partial charge is 0.497 e. The Balaban J connectivity index is 1.62. The number of benzene rings is 2. The molecule has 1 aromatic heterocycles. The van der Waals surface area contributed by atoms with Gasteiger partial charge in [0.05, 0.1) is 21.3 Å². The summed E-state index contributed by atoms with van der Waals surface area (Å²) >= 11 is 0. The van der Waals surface area contributed by atoms with Gasteiger partial charge in [-0.2, -0.15) is 0 Å². The van der Waals surface area contributed by atoms with Gasteiger partial charge in [0.15, 0.2) is 11.5 Å². The average molecular weight is 422 g/mol. The van der Waals surface area contributed by atoms with E-state index < -0.39 is 0 Å². The minimum Gasteiger partial charge on any atom is -0.497 e. The summed E-state index contributed by atoms with van der Waals surface area (Å²) in [6.45, 7) is 0.347. The van der Waals surface area contributed by atoms with Gasteiger partial charge in [0.1, 0.15) is 18.1 Å². The van der Waals surface area contributed by atoms with E-state index in [0.29, 0.717) is 48.1 Å². The van der Waals surface area contributed by atoms with Gasteiger partial charge in [0.25, 0.3) is 0 Å². The molecule has 162 valence electrons. The molecule has 3 rings (SSSR count). The van der Waals surface area contributed by atoms with Crippen LogP contribution in [0.1, 0.15) is 17.5 Å². The summed E-state index contributed by atoms with van der Waals surface area (Å²) in [6.07, 6.45) is 4.32. The molecule has 1 heterocycles. The molecule has 0 aliphatic carbocycles. The number of rotatable bonds is 10. The van der Waals surface area contributed by atoms with E-state index in [1.54, 1.807) is 58.0 Å². The van der Waals surface area contributed by atoms with Crippen LogP contribution in [0.3, 0.4) is 0 Å². The number of carbonyl (C=O) groups is 1. The summed E-state index contributed by atoms with van der Waals surface area (Å²) in [5, 5.41) is 2.91. The van der Waals surface area contributed by atoms with Gasteiger partial charge in [0, 0.05) is 42.2 Å². The Hall–Kier alpha value is -3.74. The average Bonchev–Trinajstić information content (AvgIpc) is 2.82. The third kappa shape index (κ3) is 6.37. The van der Waals surface area contributed by atoms with E-state index in [0.717, 1.165) is 11.1 Å². The van der Waals surface area contributed by atoms with Crippen LogP contribution in [-0.4, -0.2) is 32.2 Å². The molecule has 1 amide bonds. The summed E-state index contributed by atoms with van der Waals surface area (Å²) in [7, 11) is 4.78. The molecule has 0 atom stereocenters. The molecule has 0 fully saturated rings. The zero-order valence-corrected chi connectivity index (χ0v) is 17.9. The number of methoxy groups -OCH3 is 3. The molecule has 3 aromatic rings. The van der Waals surface area contributed by atoms with Crippen LogP contribution in [-0.2, 0) is 17.8 Å². The van der Waals surface area contributed by atoms with Gasteiger partial charge >= 0.3 is 0 Å². The Morgan fingerprint density at radius 1 is 0.903 bits per heavy atom. The van der Waals surface area contributed by atoms with Crippen LogP contribution in [0.15, 0.2) is 60.9 Å². The Morgan fingerprint density at radius 3 is 2.32 bits per heavy atom. The number of aromatic nitrogens is 1. The Labute approximate surface area is 181 Å². The lowest BCUT2D eigenvalue weighted by molar-refractivity contribution is -0.116. The number of hydrogen-bond acceptors (Lipinski definition) is 6. The van der Waals surface area contributed by atoms with Crippen LogP contribution in [0, 0.1) is 0 Å². The number of nitrogens with one attached hydrogen (secondary N) is 1. The zero-order chi connectivity index (χ0) is 22.1. The number of carbonyl (C=O) groups excluding carboxylic acids is 1. The van der Waals surface area contributed by atoms with Crippen LogP contribution < -0.4 is 24.3 Å². The summed E-state index contributed by atoms with van der Waals surface area (Å²) in [5.74, 6) is 2.41. The number of anilines is 1. The molecule has 0 aliphatic rings. The van der Waals surface area contributed by atoms with E-state index in [1.165, 1.54) is 0 Å². The van der Waals surface area contributed by atoms with Crippen molar-refractivity contribution >= 4 is 11.6 Å². The molecule has 2 aromatic carbocycles. The van der Waals surface area contributed by atoms with E-state index in [1.807, 2.05) is 24.3 Å². The van der Waals surface area contributed by atoms with Crippen LogP contribution in [0.5, 0.6) is 23.0 Å². The molecule has 1 N–H and O–H groups in total. The van der Waals surface area contributed by atoms with Gasteiger partial charge in [-0.3, -0.25) is 9.78 Å². The molecule has 0 saturated heterocycles. The number of hydrogen-bond donors (Lipinski definition) is 1. The second kappa shape index (κ2) is 10.9. The smallest absolute Gasteiger partial charge is 0.224 e. The van der Waals surface area contributed by atoms with E-state index in [9.17, 15) is 4.79 Å². The fourth-order valence-electron chi connectivity index (χ4n) is 3.00. The Kier molecular flexibility index (Phi) is 7.70. The molecule has 7 heteroatoms. The number of amides is 1. The van der Waals surface area contributed by atoms with Crippen molar-refractivity contribution in [1.29, 1.82) is 0 Å². The molecule has 0 saturated carbocycles. The lowest BCUT2D eigenvalue weighted by Crippen LogP contribution is -2.12. The number of pyridine rings is 1. The van der Waals surface area contributed by atoms with Crippen molar-refractivity contribution in [3.63, 3.8) is 0 Å². The Bertz CT molecular complexity index is 986. The second-order valence-corrected chi connectivity index (χ2v) is 6.78. The molecule has 0 spiro atoms. The normalized spacial score (nSPS) is 10.3. The van der Waals surface area contributed by atoms with Gasteiger partial charge in [-0.1, -0.05) is 6.07 Å². The lowest BCUT2D eigenvalue weighted by atomic mass is 10.1. The molecule has 0 unspecified atom stereocenters. The van der Waals surface area contributed by atoms with E-state index in [-0.39, 0.29) is 5.91 Å². The fourth-order valence-corrected chi connectivity index (χ4v) is 3.00. The second-order valence-electron chi connectivity index (χ2n) is 6.78. The monoisotopic (exact) mass is 422 g/mol. The van der Waals surface area contributed by atoms with Crippen molar-refractivity contribution in [1.82, 2.24) is 4.98 Å². The first-order valence-electron chi connectivity index (χ1n) is 9.83. The van der Waals surface area contributed by atoms with Gasteiger partial charge < -0.3 is 24.3 Å². The minimum absolute atomic E-state index is 0.106. The van der Waals surface area contributed by atoms with Crippen molar-refractivity contribution in [2.45, 2.75) is 19.4 Å². The topological polar surface area (TPSA) is 78.9 Å². The van der Waals surface area contributed by atoms with Gasteiger partial charge in [-0.05, 0) is 42.3 Å². The van der Waals surface area contributed by atoms with E-state index in [2.05, 4.69) is 10.3 Å². The molecule has 0 aliphatic heterocycles. The number of aryl methyl sites for hydroxylation is 1. The highest BCUT2D eigenvalue weighted by atomic mass is 16.5. The van der Waals surface area contributed by atoms with Crippen LogP contribution >= 0.6 is 0 Å². The molecular weight excluding hydrogens is 396 g/mol. The van der Waals surface area contributed by atoms with Crippen molar-refractivity contribution in [3.8, 4) is 23.0 Å². The van der Waals surface area contributed by atoms with Crippen molar-refractivity contribution in [3.05, 3.63) is 72.1 Å². The summed E-state index contributed by atoms with van der Waals surface area (Å²) in [5.41, 5.74) is 2.53. The van der Waals surface area contributed by atoms with Crippen molar-refractivity contribution < 1.29 is 23.7 Å². The molecule has 7 nitrogen and oxygen atoms in total. The molecule has 0 radical (unpaired) electrons. The highest BCUT2D eigenvalue weighted by Crippen LogP contribution is 2.31. The van der Waals surface area contributed by atoms with Gasteiger partial charge in [-0.25, -0.2) is 0 Å². The third-order valence-corrected chi connectivity index (χ3v) is 4.62. The zero-order valence-electron chi connectivity index (χ0n) is 17.9. The predicted octanol–water partition coefficient (Wildman–Crippen LogP) is 4.26. The van der Waals surface area contributed by atoms with Crippen LogP contribution in [0.4, 0.5) is 5.69 Å². The maximum absolute atomic E-state index is 12.5. The summed E-state index contributed by atoms with van der Waals surface area (Å²) in [6, 6.07) is 14.7. The molecule has 31 heavy (non-hydrogen) atoms. The standard InChI is InChI=1S/C24H26N2O5/c1-28-20-11-17(12-21(14-20)29-2)6-9-24(27)26-19-7-8-22(30-3)23(13-19)31-16-18-5-4-10-25-15-18/h4-5,7-8,10-15H,6,9,16H2,1-3H3,(H,26,27). The summed E-state index contributed by atoms with van der Waals surface area (Å²) < 4.78 is 21.8. The summed E-state index contributed by atoms with van der Waals surface area (Å²) in [4.78, 5) is 16.6. The highest BCUT2D eigenvalue weighted by molar-refractivity contribution is 5.91. The number of ether oxygens (including phenoxy) is 4. The first kappa shape index (κ1) is 22.0. The van der Waals surface area contributed by atoms with Gasteiger partial charge in [-0.15, -0.1) is 0 Å². The van der Waals surface area contributed by atoms with E-state index in [4.69, 9.17) is 18.9 Å². The van der Waals surface area contributed by atoms with Crippen LogP contribution in [0.2, 0.25) is 0 Å². The minimum atomic E-state index is -0.106. The van der Waals surface area contributed by atoms with Crippen LogP contribution in [0.25, 0.3) is 0 Å². The van der Waals surface area contributed by atoms with Crippen molar-refractivity contribution in [2.75, 3.05) is 26.6 Å². The molecule has 0 bridgehead atoms. The Morgan fingerprint density at radius 2 is 1.68 bits per heavy atom. The maximum Gasteiger partial charge on any atom is 0.224 e. The first-order chi connectivity index (χ1) is 15.1.